The van der Waals surface area contributed by atoms with Crippen molar-refractivity contribution in [3.8, 4) is 0 Å². The Labute approximate surface area is 140 Å². The van der Waals surface area contributed by atoms with Gasteiger partial charge in [0.05, 0.1) is 11.9 Å². The minimum Gasteiger partial charge on any atom is -0.462 e. The number of nitrogens with two attached hydrogens (primary N) is 1. The first-order chi connectivity index (χ1) is 11.0. The van der Waals surface area contributed by atoms with E-state index in [4.69, 9.17) is 10.5 Å². The van der Waals surface area contributed by atoms with Crippen LogP contribution in [0.15, 0.2) is 22.9 Å². The molecule has 0 spiro atoms. The van der Waals surface area contributed by atoms with E-state index in [-0.39, 0.29) is 23.9 Å². The van der Waals surface area contributed by atoms with Crippen molar-refractivity contribution in [1.82, 2.24) is 15.0 Å². The number of nitrogens with zero attached hydrogens (tertiary/aromatic N) is 3. The van der Waals surface area contributed by atoms with Gasteiger partial charge in [-0.05, 0) is 13.8 Å². The smallest absolute Gasteiger partial charge is 0.343 e. The molecule has 122 valence electrons. The molecule has 0 aliphatic heterocycles. The number of aromatic nitrogens is 3. The molecule has 0 fully saturated rings. The van der Waals surface area contributed by atoms with Crippen LogP contribution in [0, 0.1) is 0 Å². The highest BCUT2D eigenvalue weighted by Gasteiger charge is 2.19. The third-order valence-electron chi connectivity index (χ3n) is 2.61. The van der Waals surface area contributed by atoms with Crippen LogP contribution in [0.3, 0.4) is 0 Å². The van der Waals surface area contributed by atoms with Gasteiger partial charge < -0.3 is 15.8 Å². The van der Waals surface area contributed by atoms with Crippen LogP contribution in [0.25, 0.3) is 0 Å². The van der Waals surface area contributed by atoms with Gasteiger partial charge >= 0.3 is 5.97 Å². The summed E-state index contributed by atoms with van der Waals surface area (Å²) < 4.78 is 4.85. The number of ether oxygens (including phenoxy) is 1. The van der Waals surface area contributed by atoms with Gasteiger partial charge in [-0.1, -0.05) is 11.8 Å². The van der Waals surface area contributed by atoms with Crippen LogP contribution >= 0.6 is 23.1 Å². The molecule has 1 atom stereocenters. The number of nitrogen functional groups attached to an aromatic ring is 1. The highest BCUT2D eigenvalue weighted by Crippen LogP contribution is 2.23. The van der Waals surface area contributed by atoms with Gasteiger partial charge in [-0.25, -0.2) is 19.7 Å². The maximum absolute atomic E-state index is 12.0. The summed E-state index contributed by atoms with van der Waals surface area (Å²) in [4.78, 5) is 35.7. The first kappa shape index (κ1) is 17.2. The SMILES string of the molecule is CCOC(=O)c1cnc(SC(C)C(=O)Nc2nccs2)nc1N. The summed E-state index contributed by atoms with van der Waals surface area (Å²) in [6, 6.07) is 0. The predicted octanol–water partition coefficient (Wildman–Crippen LogP) is 1.81. The van der Waals surface area contributed by atoms with E-state index < -0.39 is 11.2 Å². The molecule has 2 aromatic rings. The second kappa shape index (κ2) is 7.88. The predicted molar refractivity (Wildman–Crippen MR) is 88.5 cm³/mol. The number of anilines is 2. The van der Waals surface area contributed by atoms with Crippen molar-refractivity contribution in [3.05, 3.63) is 23.3 Å². The summed E-state index contributed by atoms with van der Waals surface area (Å²) in [5.41, 5.74) is 5.85. The number of nitrogens with one attached hydrogen (secondary N) is 1. The maximum Gasteiger partial charge on any atom is 0.343 e. The van der Waals surface area contributed by atoms with Crippen molar-refractivity contribution in [2.45, 2.75) is 24.3 Å². The van der Waals surface area contributed by atoms with E-state index in [0.29, 0.717) is 10.3 Å². The minimum atomic E-state index is -0.573. The zero-order valence-electron chi connectivity index (χ0n) is 12.5. The molecule has 2 aromatic heterocycles. The van der Waals surface area contributed by atoms with Crippen LogP contribution in [-0.2, 0) is 9.53 Å². The number of amides is 1. The quantitative estimate of drug-likeness (QED) is 0.458. The molecular formula is C13H15N5O3S2. The Kier molecular flexibility index (Phi) is 5.88. The van der Waals surface area contributed by atoms with Gasteiger partial charge in [0.25, 0.3) is 0 Å². The molecule has 1 unspecified atom stereocenters. The lowest BCUT2D eigenvalue weighted by Crippen LogP contribution is -2.22. The first-order valence-corrected chi connectivity index (χ1v) is 8.43. The third kappa shape index (κ3) is 4.63. The van der Waals surface area contributed by atoms with Crippen LogP contribution in [0.1, 0.15) is 24.2 Å². The van der Waals surface area contributed by atoms with Crippen molar-refractivity contribution in [2.75, 3.05) is 17.7 Å². The van der Waals surface area contributed by atoms with Gasteiger partial charge in [0.1, 0.15) is 11.4 Å². The lowest BCUT2D eigenvalue weighted by atomic mass is 10.3. The van der Waals surface area contributed by atoms with Gasteiger partial charge in [-0.2, -0.15) is 0 Å². The molecular weight excluding hydrogens is 338 g/mol. The van der Waals surface area contributed by atoms with Crippen molar-refractivity contribution in [1.29, 1.82) is 0 Å². The molecule has 0 aliphatic carbocycles. The summed E-state index contributed by atoms with van der Waals surface area (Å²) in [7, 11) is 0. The normalized spacial score (nSPS) is 11.7. The van der Waals surface area contributed by atoms with Crippen molar-refractivity contribution < 1.29 is 14.3 Å². The highest BCUT2D eigenvalue weighted by atomic mass is 32.2. The summed E-state index contributed by atoms with van der Waals surface area (Å²) in [6.45, 7) is 3.65. The molecule has 1 amide bonds. The Balaban J connectivity index is 2.00. The van der Waals surface area contributed by atoms with E-state index in [9.17, 15) is 9.59 Å². The molecule has 10 heteroatoms. The molecule has 0 aromatic carbocycles. The van der Waals surface area contributed by atoms with Crippen LogP contribution in [-0.4, -0.2) is 38.7 Å². The topological polar surface area (TPSA) is 120 Å². The molecule has 3 N–H and O–H groups in total. The third-order valence-corrected chi connectivity index (χ3v) is 4.27. The summed E-state index contributed by atoms with van der Waals surface area (Å²) in [5, 5.41) is 4.84. The lowest BCUT2D eigenvalue weighted by molar-refractivity contribution is -0.115. The van der Waals surface area contributed by atoms with E-state index in [2.05, 4.69) is 20.3 Å². The zero-order valence-corrected chi connectivity index (χ0v) is 14.1. The summed E-state index contributed by atoms with van der Waals surface area (Å²) in [5.74, 6) is -0.772. The second-order valence-electron chi connectivity index (χ2n) is 4.26. The average molecular weight is 353 g/mol. The number of hydrogen-bond acceptors (Lipinski definition) is 9. The molecule has 0 saturated heterocycles. The second-order valence-corrected chi connectivity index (χ2v) is 6.46. The molecule has 0 bridgehead atoms. The summed E-state index contributed by atoms with van der Waals surface area (Å²) in [6.07, 6.45) is 2.91. The standard InChI is InChI=1S/C13H15N5O3S2/c1-3-21-11(20)8-6-16-13(17-9(8)14)23-7(2)10(19)18-12-15-4-5-22-12/h4-7H,3H2,1-2H3,(H2,14,16,17)(H,15,18,19). The van der Waals surface area contributed by atoms with Crippen LogP contribution < -0.4 is 11.1 Å². The van der Waals surface area contributed by atoms with E-state index in [0.717, 1.165) is 11.8 Å². The fourth-order valence-electron chi connectivity index (χ4n) is 1.50. The number of rotatable bonds is 6. The van der Waals surface area contributed by atoms with Crippen LogP contribution in [0.2, 0.25) is 0 Å². The fourth-order valence-corrected chi connectivity index (χ4v) is 2.78. The van der Waals surface area contributed by atoms with Crippen LogP contribution in [0.4, 0.5) is 10.9 Å². The van der Waals surface area contributed by atoms with Crippen LogP contribution in [0.5, 0.6) is 0 Å². The largest absolute Gasteiger partial charge is 0.462 e. The Morgan fingerprint density at radius 3 is 2.87 bits per heavy atom. The van der Waals surface area contributed by atoms with E-state index in [1.165, 1.54) is 17.5 Å². The molecule has 0 aliphatic rings. The van der Waals surface area contributed by atoms with Crippen molar-refractivity contribution in [3.63, 3.8) is 0 Å². The maximum atomic E-state index is 12.0. The first-order valence-electron chi connectivity index (χ1n) is 6.68. The summed E-state index contributed by atoms with van der Waals surface area (Å²) >= 11 is 2.46. The Morgan fingerprint density at radius 2 is 2.26 bits per heavy atom. The highest BCUT2D eigenvalue weighted by molar-refractivity contribution is 8.00. The Morgan fingerprint density at radius 1 is 1.48 bits per heavy atom. The fraction of sp³-hybridized carbons (Fsp3) is 0.308. The Bertz CT molecular complexity index is 693. The lowest BCUT2D eigenvalue weighted by Gasteiger charge is -2.10. The Hall–Kier alpha value is -2.20. The van der Waals surface area contributed by atoms with Gasteiger partial charge in [0.15, 0.2) is 10.3 Å². The van der Waals surface area contributed by atoms with E-state index >= 15 is 0 Å². The van der Waals surface area contributed by atoms with Gasteiger partial charge in [0.2, 0.25) is 5.91 Å². The molecule has 0 saturated carbocycles. The molecule has 2 heterocycles. The number of carbonyl (C=O) groups excluding carboxylic acids is 2. The van der Waals surface area contributed by atoms with Gasteiger partial charge in [0, 0.05) is 17.8 Å². The van der Waals surface area contributed by atoms with Gasteiger partial charge in [-0.15, -0.1) is 11.3 Å². The number of thioether (sulfide) groups is 1. The zero-order chi connectivity index (χ0) is 16.8. The van der Waals surface area contributed by atoms with Crippen molar-refractivity contribution in [2.24, 2.45) is 0 Å². The number of carbonyl (C=O) groups is 2. The van der Waals surface area contributed by atoms with E-state index in [1.807, 2.05) is 0 Å². The van der Waals surface area contributed by atoms with Gasteiger partial charge in [-0.3, -0.25) is 4.79 Å². The monoisotopic (exact) mass is 353 g/mol. The van der Waals surface area contributed by atoms with Crippen molar-refractivity contribution >= 4 is 45.9 Å². The van der Waals surface area contributed by atoms with E-state index in [1.54, 1.807) is 25.4 Å². The molecule has 0 radical (unpaired) electrons. The molecule has 8 nitrogen and oxygen atoms in total. The molecule has 23 heavy (non-hydrogen) atoms. The average Bonchev–Trinajstić information content (AvgIpc) is 3.00. The molecule has 2 rings (SSSR count). The minimum absolute atomic E-state index is 0.0217. The number of esters is 1. The number of thiazole rings is 1. The number of hydrogen-bond donors (Lipinski definition) is 2.